The van der Waals surface area contributed by atoms with E-state index in [2.05, 4.69) is 12.3 Å². The Labute approximate surface area is 150 Å². The van der Waals surface area contributed by atoms with Gasteiger partial charge in [0.05, 0.1) is 28.9 Å². The average Bonchev–Trinajstić information content (AvgIpc) is 3.24. The number of nitrogens with one attached hydrogen (secondary N) is 1. The summed E-state index contributed by atoms with van der Waals surface area (Å²) in [6, 6.07) is 3.72. The van der Waals surface area contributed by atoms with Crippen LogP contribution >= 0.6 is 40.2 Å². The van der Waals surface area contributed by atoms with E-state index < -0.39 is 0 Å². The normalized spacial score (nSPS) is 19.0. The van der Waals surface area contributed by atoms with Crippen molar-refractivity contribution in [2.24, 2.45) is 0 Å². The van der Waals surface area contributed by atoms with Crippen molar-refractivity contribution in [2.45, 2.75) is 32.6 Å². The molecule has 2 heterocycles. The topological polar surface area (TPSA) is 54.5 Å². The Kier molecular flexibility index (Phi) is 5.96. The average molecular weight is 411 g/mol. The fraction of sp³-hybridized carbons (Fsp3) is 0.500. The van der Waals surface area contributed by atoms with Crippen LogP contribution in [-0.2, 0) is 16.1 Å². The van der Waals surface area contributed by atoms with Gasteiger partial charge in [-0.1, -0.05) is 36.5 Å². The molecule has 0 bridgehead atoms. The molecule has 1 fully saturated rings. The second kappa shape index (κ2) is 7.36. The number of nitrogens with zero attached hydrogens (tertiary/aromatic N) is 2. The van der Waals surface area contributed by atoms with E-state index in [0.29, 0.717) is 23.2 Å². The lowest BCUT2D eigenvalue weighted by molar-refractivity contribution is -0.145. The van der Waals surface area contributed by atoms with Crippen LogP contribution in [0.3, 0.4) is 0 Å². The standard InChI is InChI=1S/C14H17Cl2N3O2.BrH/c1-2-3-6-21-12(20)8-18-7-9-11(19-14(18)17-19)5-4-10(15)13(9)16;/h4-5,14,17H,2-3,6-8H2,1H3;1H. The van der Waals surface area contributed by atoms with Gasteiger partial charge in [0.1, 0.15) is 0 Å². The summed E-state index contributed by atoms with van der Waals surface area (Å²) in [5, 5.41) is 3.05. The molecule has 122 valence electrons. The van der Waals surface area contributed by atoms with Crippen molar-refractivity contribution in [1.82, 2.24) is 10.3 Å². The third-order valence-electron chi connectivity index (χ3n) is 3.66. The van der Waals surface area contributed by atoms with Gasteiger partial charge in [-0.05, 0) is 18.6 Å². The van der Waals surface area contributed by atoms with Gasteiger partial charge in [-0.25, -0.2) is 0 Å². The molecule has 3 rings (SSSR count). The summed E-state index contributed by atoms with van der Waals surface area (Å²) in [6.45, 7) is 3.35. The number of carbonyl (C=O) groups excluding carboxylic acids is 1. The smallest absolute Gasteiger partial charge is 0.320 e. The van der Waals surface area contributed by atoms with Gasteiger partial charge in [0.25, 0.3) is 0 Å². The Bertz CT molecular complexity index is 573. The van der Waals surface area contributed by atoms with Crippen molar-refractivity contribution in [2.75, 3.05) is 18.2 Å². The van der Waals surface area contributed by atoms with Crippen LogP contribution in [0.4, 0.5) is 5.69 Å². The highest BCUT2D eigenvalue weighted by Gasteiger charge is 2.45. The molecule has 1 aromatic carbocycles. The van der Waals surface area contributed by atoms with Crippen LogP contribution in [0.25, 0.3) is 0 Å². The molecule has 1 aromatic rings. The fourth-order valence-corrected chi connectivity index (χ4v) is 2.87. The highest BCUT2D eigenvalue weighted by molar-refractivity contribution is 8.93. The first-order chi connectivity index (χ1) is 10.1. The fourth-order valence-electron chi connectivity index (χ4n) is 2.47. The highest BCUT2D eigenvalue weighted by atomic mass is 79.9. The molecule has 1 atom stereocenters. The predicted octanol–water partition coefficient (Wildman–Crippen LogP) is 3.34. The van der Waals surface area contributed by atoms with Crippen molar-refractivity contribution >= 4 is 51.8 Å². The number of fused-ring (bicyclic) bond motifs is 3. The number of hydrogen-bond donors (Lipinski definition) is 1. The van der Waals surface area contributed by atoms with Gasteiger partial charge in [0.2, 0.25) is 0 Å². The SMILES string of the molecule is Br.CCCCOC(=O)CN1Cc2c(ccc(Cl)c2Cl)N2NC12. The minimum atomic E-state index is -0.210. The number of benzene rings is 1. The molecule has 0 aromatic heterocycles. The Morgan fingerprint density at radius 2 is 2.23 bits per heavy atom. The molecule has 0 aliphatic carbocycles. The zero-order chi connectivity index (χ0) is 15.0. The van der Waals surface area contributed by atoms with Gasteiger partial charge >= 0.3 is 5.97 Å². The highest BCUT2D eigenvalue weighted by Crippen LogP contribution is 2.41. The monoisotopic (exact) mass is 409 g/mol. The van der Waals surface area contributed by atoms with Crippen molar-refractivity contribution < 1.29 is 9.53 Å². The van der Waals surface area contributed by atoms with Crippen LogP contribution in [0.1, 0.15) is 25.3 Å². The number of hydrogen-bond acceptors (Lipinski definition) is 5. The molecule has 8 heteroatoms. The van der Waals surface area contributed by atoms with Gasteiger partial charge in [0, 0.05) is 12.1 Å². The van der Waals surface area contributed by atoms with E-state index in [9.17, 15) is 4.79 Å². The largest absolute Gasteiger partial charge is 0.465 e. The van der Waals surface area contributed by atoms with Crippen LogP contribution in [-0.4, -0.2) is 30.3 Å². The van der Waals surface area contributed by atoms with Gasteiger partial charge in [-0.3, -0.25) is 14.7 Å². The van der Waals surface area contributed by atoms with Gasteiger partial charge in [-0.2, -0.15) is 5.43 Å². The number of unbranched alkanes of at least 4 members (excludes halogenated alkanes) is 1. The van der Waals surface area contributed by atoms with Crippen LogP contribution in [0, 0.1) is 0 Å². The maximum Gasteiger partial charge on any atom is 0.320 e. The van der Waals surface area contributed by atoms with Crippen molar-refractivity contribution in [3.63, 3.8) is 0 Å². The van der Waals surface area contributed by atoms with Crippen LogP contribution < -0.4 is 10.4 Å². The third kappa shape index (κ3) is 3.51. The number of carbonyl (C=O) groups is 1. The maximum absolute atomic E-state index is 11.8. The van der Waals surface area contributed by atoms with E-state index in [1.54, 1.807) is 6.07 Å². The lowest BCUT2D eigenvalue weighted by atomic mass is 10.1. The number of hydrazine groups is 1. The summed E-state index contributed by atoms with van der Waals surface area (Å²) < 4.78 is 5.21. The Morgan fingerprint density at radius 3 is 2.95 bits per heavy atom. The Balaban J connectivity index is 0.00000176. The van der Waals surface area contributed by atoms with E-state index in [-0.39, 0.29) is 35.8 Å². The molecule has 1 saturated heterocycles. The summed E-state index contributed by atoms with van der Waals surface area (Å²) >= 11 is 12.3. The van der Waals surface area contributed by atoms with E-state index in [0.717, 1.165) is 24.1 Å². The molecule has 0 spiro atoms. The number of anilines is 1. The summed E-state index contributed by atoms with van der Waals surface area (Å²) in [4.78, 5) is 13.8. The second-order valence-corrected chi connectivity index (χ2v) is 6.00. The number of ether oxygens (including phenoxy) is 1. The van der Waals surface area contributed by atoms with Crippen LogP contribution in [0.15, 0.2) is 12.1 Å². The summed E-state index contributed by atoms with van der Waals surface area (Å²) in [5.41, 5.74) is 5.16. The molecule has 2 aliphatic rings. The van der Waals surface area contributed by atoms with Crippen LogP contribution in [0.5, 0.6) is 0 Å². The Morgan fingerprint density at radius 1 is 1.45 bits per heavy atom. The molecule has 0 radical (unpaired) electrons. The van der Waals surface area contributed by atoms with E-state index in [4.69, 9.17) is 27.9 Å². The minimum absolute atomic E-state index is 0. The molecule has 22 heavy (non-hydrogen) atoms. The van der Waals surface area contributed by atoms with E-state index in [1.165, 1.54) is 0 Å². The molecular formula is C14H18BrCl2N3O2. The van der Waals surface area contributed by atoms with Crippen molar-refractivity contribution in [3.8, 4) is 0 Å². The second-order valence-electron chi connectivity index (χ2n) is 5.21. The quantitative estimate of drug-likeness (QED) is 0.458. The summed E-state index contributed by atoms with van der Waals surface area (Å²) in [5.74, 6) is -0.210. The third-order valence-corrected chi connectivity index (χ3v) is 4.51. The van der Waals surface area contributed by atoms with Crippen molar-refractivity contribution in [3.05, 3.63) is 27.7 Å². The lowest BCUT2D eigenvalue weighted by Crippen LogP contribution is -2.38. The molecular weight excluding hydrogens is 393 g/mol. The lowest BCUT2D eigenvalue weighted by Gasteiger charge is -2.27. The van der Waals surface area contributed by atoms with E-state index in [1.807, 2.05) is 16.0 Å². The van der Waals surface area contributed by atoms with Crippen molar-refractivity contribution in [1.29, 1.82) is 0 Å². The molecule has 2 aliphatic heterocycles. The molecule has 1 N–H and O–H groups in total. The maximum atomic E-state index is 11.8. The van der Waals surface area contributed by atoms with E-state index >= 15 is 0 Å². The zero-order valence-electron chi connectivity index (χ0n) is 12.1. The molecule has 0 amide bonds. The van der Waals surface area contributed by atoms with Crippen LogP contribution in [0.2, 0.25) is 10.0 Å². The summed E-state index contributed by atoms with van der Waals surface area (Å²) in [6.07, 6.45) is 1.94. The predicted molar refractivity (Wildman–Crippen MR) is 92.5 cm³/mol. The first-order valence-corrected chi connectivity index (χ1v) is 7.79. The summed E-state index contributed by atoms with van der Waals surface area (Å²) in [7, 11) is 0. The Hall–Kier alpha value is -0.530. The first-order valence-electron chi connectivity index (χ1n) is 7.03. The molecule has 0 saturated carbocycles. The van der Waals surface area contributed by atoms with Gasteiger partial charge in [0.15, 0.2) is 6.29 Å². The molecule has 5 nitrogen and oxygen atoms in total. The first kappa shape index (κ1) is 17.8. The minimum Gasteiger partial charge on any atom is -0.465 e. The van der Waals surface area contributed by atoms with Gasteiger partial charge in [-0.15, -0.1) is 17.0 Å². The zero-order valence-corrected chi connectivity index (χ0v) is 15.4. The number of rotatable bonds is 5. The number of esters is 1. The number of halogens is 3. The van der Waals surface area contributed by atoms with Gasteiger partial charge < -0.3 is 4.74 Å². The molecule has 1 unspecified atom stereocenters.